The van der Waals surface area contributed by atoms with Crippen LogP contribution < -0.4 is 4.74 Å². The van der Waals surface area contributed by atoms with Crippen LogP contribution in [0.1, 0.15) is 10.4 Å². The normalized spacial score (nSPS) is 10.7. The van der Waals surface area contributed by atoms with E-state index in [2.05, 4.69) is 0 Å². The van der Waals surface area contributed by atoms with Crippen LogP contribution in [-0.2, 0) is 0 Å². The van der Waals surface area contributed by atoms with Crippen molar-refractivity contribution < 1.29 is 24.2 Å². The molecule has 5 nitrogen and oxygen atoms in total. The summed E-state index contributed by atoms with van der Waals surface area (Å²) in [5.74, 6) is -0.664. The number of carbonyl (C=O) groups is 1. The molecule has 0 saturated heterocycles. The molecule has 0 atom stereocenters. The molecule has 0 spiro atoms. The van der Waals surface area contributed by atoms with E-state index >= 15 is 0 Å². The van der Waals surface area contributed by atoms with Crippen molar-refractivity contribution in [1.82, 2.24) is 0 Å². The van der Waals surface area contributed by atoms with Crippen molar-refractivity contribution in [3.8, 4) is 28.6 Å². The number of hydrogen-bond donors (Lipinski definition) is 2. The van der Waals surface area contributed by atoms with Gasteiger partial charge in [-0.1, -0.05) is 42.5 Å². The van der Waals surface area contributed by atoms with Crippen LogP contribution in [0.3, 0.4) is 0 Å². The number of esters is 1. The monoisotopic (exact) mass is 390 g/mol. The molecule has 28 heavy (non-hydrogen) atoms. The van der Waals surface area contributed by atoms with Gasteiger partial charge in [-0.3, -0.25) is 0 Å². The van der Waals surface area contributed by atoms with Crippen LogP contribution >= 0.6 is 12.2 Å². The Bertz CT molecular complexity index is 1230. The van der Waals surface area contributed by atoms with Crippen LogP contribution in [0.4, 0.5) is 0 Å². The van der Waals surface area contributed by atoms with E-state index in [-0.39, 0.29) is 23.0 Å². The third-order valence-electron chi connectivity index (χ3n) is 4.23. The first-order chi connectivity index (χ1) is 13.5. The quantitative estimate of drug-likeness (QED) is 0.357. The van der Waals surface area contributed by atoms with Crippen molar-refractivity contribution in [2.75, 3.05) is 0 Å². The largest absolute Gasteiger partial charge is 0.508 e. The first-order valence-electron chi connectivity index (χ1n) is 8.39. The minimum absolute atomic E-state index is 0.0489. The highest BCUT2D eigenvalue weighted by atomic mass is 32.1. The van der Waals surface area contributed by atoms with Gasteiger partial charge in [-0.25, -0.2) is 4.79 Å². The predicted octanol–water partition coefficient (Wildman–Crippen LogP) is 5.46. The van der Waals surface area contributed by atoms with E-state index in [1.807, 2.05) is 30.3 Å². The second kappa shape index (κ2) is 7.17. The molecule has 2 N–H and O–H groups in total. The van der Waals surface area contributed by atoms with Gasteiger partial charge >= 0.3 is 5.97 Å². The fourth-order valence-electron chi connectivity index (χ4n) is 2.87. The lowest BCUT2D eigenvalue weighted by atomic mass is 10.1. The van der Waals surface area contributed by atoms with Gasteiger partial charge in [-0.2, -0.15) is 0 Å². The molecule has 1 aromatic heterocycles. The van der Waals surface area contributed by atoms with E-state index < -0.39 is 5.97 Å². The van der Waals surface area contributed by atoms with E-state index in [1.54, 1.807) is 12.1 Å². The molecule has 0 bridgehead atoms. The molecule has 0 aliphatic heterocycles. The van der Waals surface area contributed by atoms with Crippen LogP contribution in [0.5, 0.6) is 17.4 Å². The Morgan fingerprint density at radius 3 is 2.36 bits per heavy atom. The van der Waals surface area contributed by atoms with Crippen LogP contribution in [-0.4, -0.2) is 16.2 Å². The minimum Gasteiger partial charge on any atom is -0.508 e. The molecule has 3 aromatic carbocycles. The van der Waals surface area contributed by atoms with Gasteiger partial charge in [0.05, 0.1) is 15.6 Å². The van der Waals surface area contributed by atoms with E-state index in [0.717, 1.165) is 5.56 Å². The zero-order chi connectivity index (χ0) is 19.7. The molecular weight excluding hydrogens is 376 g/mol. The Morgan fingerprint density at radius 2 is 1.64 bits per heavy atom. The summed E-state index contributed by atoms with van der Waals surface area (Å²) in [6, 6.07) is 19.8. The average molecular weight is 390 g/mol. The molecule has 138 valence electrons. The fourth-order valence-corrected chi connectivity index (χ4v) is 3.04. The third-order valence-corrected chi connectivity index (χ3v) is 4.57. The zero-order valence-electron chi connectivity index (χ0n) is 14.5. The van der Waals surface area contributed by atoms with Gasteiger partial charge in [-0.05, 0) is 42.0 Å². The lowest BCUT2D eigenvalue weighted by Gasteiger charge is -2.02. The molecule has 0 saturated carbocycles. The Kier molecular flexibility index (Phi) is 4.55. The number of benzene rings is 2. The third kappa shape index (κ3) is 3.33. The second-order valence-electron chi connectivity index (χ2n) is 6.07. The summed E-state index contributed by atoms with van der Waals surface area (Å²) in [5.41, 5.74) is 1.93. The summed E-state index contributed by atoms with van der Waals surface area (Å²) in [7, 11) is 0. The Balaban J connectivity index is 1.79. The van der Waals surface area contributed by atoms with Crippen molar-refractivity contribution in [3.63, 3.8) is 0 Å². The highest BCUT2D eigenvalue weighted by Gasteiger charge is 2.17. The number of aromatic hydroxyl groups is 2. The number of furan rings is 1. The molecule has 0 aliphatic rings. The topological polar surface area (TPSA) is 79.9 Å². The van der Waals surface area contributed by atoms with Gasteiger partial charge in [0, 0.05) is 11.5 Å². The fraction of sp³-hybridized carbons (Fsp3) is 0. The number of phenolic OH excluding ortho intramolecular Hbond substituents is 1. The highest BCUT2D eigenvalue weighted by Crippen LogP contribution is 2.39. The SMILES string of the molecule is O=C(Oc1cc2oc(O)c(-c3ccccc3)c2ccc1=S)c1ccc(O)cc1. The van der Waals surface area contributed by atoms with Crippen LogP contribution in [0.2, 0.25) is 0 Å². The first-order valence-corrected chi connectivity index (χ1v) is 8.80. The van der Waals surface area contributed by atoms with Gasteiger partial charge in [0.1, 0.15) is 11.3 Å². The van der Waals surface area contributed by atoms with E-state index in [9.17, 15) is 15.0 Å². The molecule has 4 rings (SSSR count). The maximum absolute atomic E-state index is 12.4. The molecule has 1 heterocycles. The van der Waals surface area contributed by atoms with Crippen LogP contribution in [0, 0.1) is 4.51 Å². The molecule has 0 radical (unpaired) electrons. The second-order valence-corrected chi connectivity index (χ2v) is 6.51. The number of fused-ring (bicyclic) bond motifs is 1. The number of phenols is 1. The molecule has 0 unspecified atom stereocenters. The average Bonchev–Trinajstić information content (AvgIpc) is 2.93. The summed E-state index contributed by atoms with van der Waals surface area (Å²) < 4.78 is 11.2. The number of hydrogen-bond acceptors (Lipinski definition) is 6. The Labute approximate surface area is 165 Å². The van der Waals surface area contributed by atoms with E-state index in [0.29, 0.717) is 21.0 Å². The summed E-state index contributed by atoms with van der Waals surface area (Å²) in [6.45, 7) is 0. The predicted molar refractivity (Wildman–Crippen MR) is 107 cm³/mol. The lowest BCUT2D eigenvalue weighted by molar-refractivity contribution is 0.0734. The van der Waals surface area contributed by atoms with Crippen molar-refractivity contribution >= 4 is 29.2 Å². The number of rotatable bonds is 3. The first kappa shape index (κ1) is 17.8. The van der Waals surface area contributed by atoms with Crippen molar-refractivity contribution in [2.24, 2.45) is 0 Å². The Morgan fingerprint density at radius 1 is 0.929 bits per heavy atom. The lowest BCUT2D eigenvalue weighted by Crippen LogP contribution is -2.08. The zero-order valence-corrected chi connectivity index (χ0v) is 15.3. The van der Waals surface area contributed by atoms with Crippen LogP contribution in [0.15, 0.2) is 77.2 Å². The smallest absolute Gasteiger partial charge is 0.343 e. The van der Waals surface area contributed by atoms with E-state index in [4.69, 9.17) is 21.4 Å². The summed E-state index contributed by atoms with van der Waals surface area (Å²) in [6.07, 6.45) is 0. The van der Waals surface area contributed by atoms with Crippen molar-refractivity contribution in [2.45, 2.75) is 0 Å². The molecule has 0 aliphatic carbocycles. The van der Waals surface area contributed by atoms with E-state index in [1.165, 1.54) is 30.3 Å². The number of carbonyl (C=O) groups excluding carboxylic acids is 1. The Hall–Kier alpha value is -3.64. The van der Waals surface area contributed by atoms with Gasteiger partial charge in [0.25, 0.3) is 5.95 Å². The molecular formula is C22H14O5S. The number of ether oxygens (including phenoxy) is 1. The molecule has 0 fully saturated rings. The standard InChI is InChI=1S/C22H14O5S/c23-15-8-6-14(7-9-15)21(24)27-18-12-17-16(10-11-19(18)28)20(22(25)26-17)13-4-2-1-3-5-13/h1-12,23,25H. The maximum atomic E-state index is 12.4. The van der Waals surface area contributed by atoms with Crippen LogP contribution in [0.25, 0.3) is 22.1 Å². The van der Waals surface area contributed by atoms with Crippen molar-refractivity contribution in [3.05, 3.63) is 82.9 Å². The summed E-state index contributed by atoms with van der Waals surface area (Å²) in [4.78, 5) is 12.4. The summed E-state index contributed by atoms with van der Waals surface area (Å²) in [5, 5.41) is 20.3. The minimum atomic E-state index is -0.621. The molecule has 6 heteroatoms. The van der Waals surface area contributed by atoms with Gasteiger partial charge < -0.3 is 19.4 Å². The van der Waals surface area contributed by atoms with Crippen molar-refractivity contribution in [1.29, 1.82) is 0 Å². The molecule has 0 amide bonds. The summed E-state index contributed by atoms with van der Waals surface area (Å²) >= 11 is 5.33. The molecule has 4 aromatic rings. The van der Waals surface area contributed by atoms with Gasteiger partial charge in [0.2, 0.25) is 0 Å². The highest BCUT2D eigenvalue weighted by molar-refractivity contribution is 7.71. The van der Waals surface area contributed by atoms with Gasteiger partial charge in [0.15, 0.2) is 5.75 Å². The maximum Gasteiger partial charge on any atom is 0.343 e. The van der Waals surface area contributed by atoms with Gasteiger partial charge in [-0.15, -0.1) is 0 Å².